The van der Waals surface area contributed by atoms with Crippen LogP contribution in [0.15, 0.2) is 0 Å². The SMILES string of the molecule is CCCCC(CCN1OCCC1=O)P(=O)(O)O. The third kappa shape index (κ3) is 4.76. The molecule has 0 bridgehead atoms. The van der Waals surface area contributed by atoms with E-state index in [1.807, 2.05) is 6.92 Å². The van der Waals surface area contributed by atoms with Gasteiger partial charge in [0.15, 0.2) is 0 Å². The third-order valence-electron chi connectivity index (χ3n) is 2.87. The quantitative estimate of drug-likeness (QED) is 0.677. The topological polar surface area (TPSA) is 87.1 Å². The van der Waals surface area contributed by atoms with Gasteiger partial charge in [-0.2, -0.15) is 0 Å². The zero-order valence-electron chi connectivity index (χ0n) is 10.0. The lowest BCUT2D eigenvalue weighted by Gasteiger charge is -2.21. The van der Waals surface area contributed by atoms with Crippen LogP contribution >= 0.6 is 7.60 Å². The number of carbonyl (C=O) groups is 1. The molecule has 1 saturated heterocycles. The molecule has 1 atom stereocenters. The van der Waals surface area contributed by atoms with Crippen LogP contribution in [-0.2, 0) is 14.2 Å². The van der Waals surface area contributed by atoms with Crippen LogP contribution in [0.3, 0.4) is 0 Å². The van der Waals surface area contributed by atoms with Crippen LogP contribution in [0.2, 0.25) is 0 Å². The van der Waals surface area contributed by atoms with E-state index in [1.54, 1.807) is 0 Å². The van der Waals surface area contributed by atoms with Crippen molar-refractivity contribution in [3.8, 4) is 0 Å². The number of nitrogens with zero attached hydrogens (tertiary/aromatic N) is 1. The van der Waals surface area contributed by atoms with Crippen LogP contribution in [0.1, 0.15) is 39.0 Å². The summed E-state index contributed by atoms with van der Waals surface area (Å²) >= 11 is 0. The Bertz CT molecular complexity index is 303. The predicted octanol–water partition coefficient (Wildman–Crippen LogP) is 1.28. The smallest absolute Gasteiger partial charge is 0.324 e. The molecule has 1 unspecified atom stereocenters. The van der Waals surface area contributed by atoms with E-state index in [0.29, 0.717) is 19.4 Å². The molecule has 1 rings (SSSR count). The molecule has 1 amide bonds. The molecule has 1 fully saturated rings. The molecule has 100 valence electrons. The Morgan fingerprint density at radius 1 is 1.47 bits per heavy atom. The maximum Gasteiger partial charge on any atom is 0.328 e. The molecule has 6 nitrogen and oxygen atoms in total. The van der Waals surface area contributed by atoms with Crippen LogP contribution in [-0.4, -0.2) is 39.6 Å². The van der Waals surface area contributed by atoms with Gasteiger partial charge in [0.2, 0.25) is 5.91 Å². The van der Waals surface area contributed by atoms with Gasteiger partial charge >= 0.3 is 7.60 Å². The van der Waals surface area contributed by atoms with Crippen molar-refractivity contribution in [2.24, 2.45) is 0 Å². The third-order valence-corrected chi connectivity index (χ3v) is 4.34. The minimum atomic E-state index is -4.08. The van der Waals surface area contributed by atoms with Crippen molar-refractivity contribution in [3.63, 3.8) is 0 Å². The van der Waals surface area contributed by atoms with E-state index in [0.717, 1.165) is 12.8 Å². The molecule has 1 aliphatic heterocycles. The fourth-order valence-corrected chi connectivity index (χ4v) is 2.79. The van der Waals surface area contributed by atoms with Crippen molar-refractivity contribution in [2.75, 3.05) is 13.2 Å². The van der Waals surface area contributed by atoms with E-state index in [1.165, 1.54) is 5.06 Å². The molecule has 1 heterocycles. The lowest BCUT2D eigenvalue weighted by Crippen LogP contribution is -2.27. The summed E-state index contributed by atoms with van der Waals surface area (Å²) < 4.78 is 11.3. The molecular weight excluding hydrogens is 245 g/mol. The lowest BCUT2D eigenvalue weighted by molar-refractivity contribution is -0.161. The number of amides is 1. The van der Waals surface area contributed by atoms with Gasteiger partial charge in [0, 0.05) is 6.54 Å². The first-order chi connectivity index (χ1) is 7.95. The van der Waals surface area contributed by atoms with Gasteiger partial charge in [0.1, 0.15) is 0 Å². The minimum absolute atomic E-state index is 0.107. The zero-order valence-corrected chi connectivity index (χ0v) is 10.9. The highest BCUT2D eigenvalue weighted by Crippen LogP contribution is 2.45. The monoisotopic (exact) mass is 265 g/mol. The van der Waals surface area contributed by atoms with Gasteiger partial charge in [0.05, 0.1) is 18.7 Å². The van der Waals surface area contributed by atoms with Crippen LogP contribution in [0, 0.1) is 0 Å². The molecule has 1 aliphatic rings. The second kappa shape index (κ2) is 6.50. The average Bonchev–Trinajstić information content (AvgIpc) is 2.62. The molecule has 0 aromatic heterocycles. The first-order valence-electron chi connectivity index (χ1n) is 5.93. The van der Waals surface area contributed by atoms with E-state index in [4.69, 9.17) is 4.84 Å². The lowest BCUT2D eigenvalue weighted by atomic mass is 10.1. The molecule has 0 aromatic carbocycles. The molecule has 7 heteroatoms. The molecule has 0 saturated carbocycles. The maximum absolute atomic E-state index is 11.3. The Morgan fingerprint density at radius 3 is 2.65 bits per heavy atom. The zero-order chi connectivity index (χ0) is 12.9. The largest absolute Gasteiger partial charge is 0.328 e. The second-order valence-electron chi connectivity index (χ2n) is 4.25. The molecule has 0 spiro atoms. The summed E-state index contributed by atoms with van der Waals surface area (Å²) in [5.41, 5.74) is -0.667. The summed E-state index contributed by atoms with van der Waals surface area (Å²) in [7, 11) is -4.08. The van der Waals surface area contributed by atoms with Crippen molar-refractivity contribution < 1.29 is 24.0 Å². The average molecular weight is 265 g/mol. The molecule has 0 aromatic rings. The van der Waals surface area contributed by atoms with E-state index < -0.39 is 13.3 Å². The van der Waals surface area contributed by atoms with Gasteiger partial charge in [-0.05, 0) is 12.8 Å². The summed E-state index contributed by atoms with van der Waals surface area (Å²) in [6, 6.07) is 0. The number of rotatable bonds is 7. The second-order valence-corrected chi connectivity index (χ2v) is 6.16. The van der Waals surface area contributed by atoms with Gasteiger partial charge in [-0.3, -0.25) is 14.2 Å². The van der Waals surface area contributed by atoms with Gasteiger partial charge in [0.25, 0.3) is 0 Å². The van der Waals surface area contributed by atoms with Crippen molar-refractivity contribution in [2.45, 2.75) is 44.7 Å². The van der Waals surface area contributed by atoms with Gasteiger partial charge in [-0.25, -0.2) is 5.06 Å². The predicted molar refractivity (Wildman–Crippen MR) is 62.3 cm³/mol. The maximum atomic E-state index is 11.3. The first-order valence-corrected chi connectivity index (χ1v) is 7.61. The van der Waals surface area contributed by atoms with E-state index in [2.05, 4.69) is 0 Å². The fraction of sp³-hybridized carbons (Fsp3) is 0.900. The summed E-state index contributed by atoms with van der Waals surface area (Å²) in [5.74, 6) is -0.107. The van der Waals surface area contributed by atoms with E-state index >= 15 is 0 Å². The van der Waals surface area contributed by atoms with Crippen LogP contribution in [0.5, 0.6) is 0 Å². The minimum Gasteiger partial charge on any atom is -0.324 e. The number of carbonyl (C=O) groups excluding carboxylic acids is 1. The van der Waals surface area contributed by atoms with Crippen LogP contribution < -0.4 is 0 Å². The van der Waals surface area contributed by atoms with Gasteiger partial charge in [-0.1, -0.05) is 19.8 Å². The number of hydrogen-bond donors (Lipinski definition) is 2. The van der Waals surface area contributed by atoms with Crippen molar-refractivity contribution >= 4 is 13.5 Å². The summed E-state index contributed by atoms with van der Waals surface area (Å²) in [6.45, 7) is 2.61. The Labute approximate surface area is 101 Å². The normalized spacial score (nSPS) is 18.8. The van der Waals surface area contributed by atoms with E-state index in [9.17, 15) is 19.1 Å². The Kier molecular flexibility index (Phi) is 5.59. The van der Waals surface area contributed by atoms with Crippen molar-refractivity contribution in [3.05, 3.63) is 0 Å². The molecule has 17 heavy (non-hydrogen) atoms. The van der Waals surface area contributed by atoms with Crippen molar-refractivity contribution in [1.82, 2.24) is 5.06 Å². The molecule has 2 N–H and O–H groups in total. The van der Waals surface area contributed by atoms with Crippen LogP contribution in [0.4, 0.5) is 0 Å². The Morgan fingerprint density at radius 2 is 2.18 bits per heavy atom. The standard InChI is InChI=1S/C10H20NO5P/c1-2-3-4-9(17(13,14)15)5-7-11-10(12)6-8-16-11/h9H,2-8H2,1H3,(H2,13,14,15). The molecule has 0 radical (unpaired) electrons. The highest BCUT2D eigenvalue weighted by atomic mass is 31.2. The molecular formula is C10H20NO5P. The first kappa shape index (κ1) is 14.6. The summed E-state index contributed by atoms with van der Waals surface area (Å²) in [6.07, 6.45) is 2.81. The highest BCUT2D eigenvalue weighted by Gasteiger charge is 2.30. The fourth-order valence-electron chi connectivity index (χ4n) is 1.82. The molecule has 0 aliphatic carbocycles. The Balaban J connectivity index is 2.43. The number of hydrogen-bond acceptors (Lipinski definition) is 3. The number of unbranched alkanes of at least 4 members (excludes halogenated alkanes) is 1. The summed E-state index contributed by atoms with van der Waals surface area (Å²) in [5, 5.41) is 1.22. The number of hydroxylamine groups is 2. The Hall–Kier alpha value is -0.420. The summed E-state index contributed by atoms with van der Waals surface area (Å²) in [4.78, 5) is 34.7. The highest BCUT2D eigenvalue weighted by molar-refractivity contribution is 7.52. The van der Waals surface area contributed by atoms with E-state index in [-0.39, 0.29) is 18.9 Å². The van der Waals surface area contributed by atoms with Crippen LogP contribution in [0.25, 0.3) is 0 Å². The van der Waals surface area contributed by atoms with Crippen molar-refractivity contribution in [1.29, 1.82) is 0 Å². The van der Waals surface area contributed by atoms with Gasteiger partial charge in [-0.15, -0.1) is 0 Å². The van der Waals surface area contributed by atoms with Gasteiger partial charge < -0.3 is 9.79 Å².